The van der Waals surface area contributed by atoms with Crippen molar-refractivity contribution >= 4 is 0 Å². The van der Waals surface area contributed by atoms with E-state index in [-0.39, 0.29) is 6.04 Å². The molecule has 0 saturated heterocycles. The monoisotopic (exact) mass is 143 g/mol. The fourth-order valence-electron chi connectivity index (χ4n) is 1.24. The van der Waals surface area contributed by atoms with E-state index in [1.165, 1.54) is 12.8 Å². The molecule has 10 heavy (non-hydrogen) atoms. The van der Waals surface area contributed by atoms with E-state index in [2.05, 4.69) is 19.0 Å². The van der Waals surface area contributed by atoms with E-state index >= 15 is 0 Å². The Labute approximate surface area is 63.0 Å². The van der Waals surface area contributed by atoms with E-state index in [1.807, 2.05) is 6.92 Å². The van der Waals surface area contributed by atoms with E-state index in [1.54, 1.807) is 0 Å². The third kappa shape index (κ3) is 4.48. The van der Waals surface area contributed by atoms with Crippen LogP contribution in [0.1, 0.15) is 40.0 Å². The zero-order valence-electron chi connectivity index (χ0n) is 7.13. The Morgan fingerprint density at radius 3 is 2.40 bits per heavy atom. The van der Waals surface area contributed by atoms with Crippen molar-refractivity contribution in [1.82, 2.24) is 0 Å². The van der Waals surface area contributed by atoms with Crippen molar-refractivity contribution in [2.45, 2.75) is 46.1 Å². The van der Waals surface area contributed by atoms with Gasteiger partial charge >= 0.3 is 0 Å². The molecule has 60 valence electrons. The third-order valence-corrected chi connectivity index (χ3v) is 1.70. The van der Waals surface area contributed by atoms with Gasteiger partial charge in [0.15, 0.2) is 0 Å². The molecule has 0 radical (unpaired) electrons. The third-order valence-electron chi connectivity index (χ3n) is 1.70. The summed E-state index contributed by atoms with van der Waals surface area (Å²) in [6.07, 6.45) is 3.35. The molecular formula is C8H17NO. The lowest BCUT2D eigenvalue weighted by molar-refractivity contribution is 0.447. The maximum atomic E-state index is 9.99. The van der Waals surface area contributed by atoms with E-state index in [0.717, 1.165) is 6.42 Å². The predicted octanol–water partition coefficient (Wildman–Crippen LogP) is 2.97. The fraction of sp³-hybridized carbons (Fsp3) is 1.00. The summed E-state index contributed by atoms with van der Waals surface area (Å²) < 4.78 is 0. The molecule has 0 bridgehead atoms. The zero-order valence-corrected chi connectivity index (χ0v) is 7.13. The summed E-state index contributed by atoms with van der Waals surface area (Å²) in [4.78, 5) is 9.99. The summed E-state index contributed by atoms with van der Waals surface area (Å²) in [6.45, 7) is 6.21. The van der Waals surface area contributed by atoms with Crippen LogP contribution in [0.5, 0.6) is 0 Å². The average Bonchev–Trinajstić information content (AvgIpc) is 1.88. The van der Waals surface area contributed by atoms with E-state index in [4.69, 9.17) is 0 Å². The van der Waals surface area contributed by atoms with Crippen molar-refractivity contribution in [3.8, 4) is 0 Å². The Kier molecular flexibility index (Phi) is 5.17. The van der Waals surface area contributed by atoms with Crippen LogP contribution in [0, 0.1) is 10.8 Å². The minimum Gasteiger partial charge on any atom is -0.151 e. The molecule has 0 heterocycles. The summed E-state index contributed by atoms with van der Waals surface area (Å²) in [5.41, 5.74) is 0. The molecule has 0 saturated carbocycles. The number of hydrogen-bond donors (Lipinski definition) is 0. The Morgan fingerprint density at radius 2 is 2.00 bits per heavy atom. The van der Waals surface area contributed by atoms with Crippen LogP contribution in [0.2, 0.25) is 0 Å². The maximum absolute atomic E-state index is 9.99. The van der Waals surface area contributed by atoms with Gasteiger partial charge in [0.05, 0.1) is 6.04 Å². The number of nitrogens with zero attached hydrogens (tertiary/aromatic N) is 1. The smallest absolute Gasteiger partial charge is 0.0894 e. The van der Waals surface area contributed by atoms with Gasteiger partial charge in [0.1, 0.15) is 0 Å². The highest BCUT2D eigenvalue weighted by Gasteiger charge is 2.06. The largest absolute Gasteiger partial charge is 0.151 e. The molecule has 0 aromatic heterocycles. The Bertz CT molecular complexity index is 93.3. The summed E-state index contributed by atoms with van der Waals surface area (Å²) >= 11 is 0. The normalized spacial score (nSPS) is 16.3. The van der Waals surface area contributed by atoms with Crippen molar-refractivity contribution < 1.29 is 0 Å². The van der Waals surface area contributed by atoms with Gasteiger partial charge in [-0.05, 0) is 19.3 Å². The maximum Gasteiger partial charge on any atom is 0.0894 e. The fourth-order valence-corrected chi connectivity index (χ4v) is 1.24. The molecule has 0 fully saturated rings. The Hall–Kier alpha value is -0.400. The first kappa shape index (κ1) is 9.60. The minimum absolute atomic E-state index is 0.00144. The minimum atomic E-state index is 0.00144. The molecule has 2 unspecified atom stereocenters. The standard InChI is InChI=1S/C8H17NO/c1-4-5-7(2)6-8(3)9-10/h7-8H,4-6H2,1-3H3. The van der Waals surface area contributed by atoms with Crippen molar-refractivity contribution in [2.24, 2.45) is 11.1 Å². The van der Waals surface area contributed by atoms with Crippen LogP contribution in [0.25, 0.3) is 0 Å². The molecular weight excluding hydrogens is 126 g/mol. The zero-order chi connectivity index (χ0) is 7.98. The van der Waals surface area contributed by atoms with E-state index in [9.17, 15) is 4.91 Å². The van der Waals surface area contributed by atoms with Crippen LogP contribution >= 0.6 is 0 Å². The van der Waals surface area contributed by atoms with Gasteiger partial charge in [0.25, 0.3) is 0 Å². The first-order chi connectivity index (χ1) is 4.70. The molecule has 0 N–H and O–H groups in total. The lowest BCUT2D eigenvalue weighted by atomic mass is 9.99. The second kappa shape index (κ2) is 5.39. The van der Waals surface area contributed by atoms with Crippen molar-refractivity contribution in [3.63, 3.8) is 0 Å². The quantitative estimate of drug-likeness (QED) is 0.544. The number of hydrogen-bond acceptors (Lipinski definition) is 2. The van der Waals surface area contributed by atoms with Crippen LogP contribution in [0.3, 0.4) is 0 Å². The summed E-state index contributed by atoms with van der Waals surface area (Å²) in [5, 5.41) is 2.96. The number of rotatable bonds is 5. The highest BCUT2D eigenvalue weighted by atomic mass is 16.3. The SMILES string of the molecule is CCCC(C)CC(C)N=O. The van der Waals surface area contributed by atoms with Crippen LogP contribution < -0.4 is 0 Å². The van der Waals surface area contributed by atoms with Gasteiger partial charge in [0.2, 0.25) is 0 Å². The summed E-state index contributed by atoms with van der Waals surface area (Å²) in [6, 6.07) is 0.00144. The van der Waals surface area contributed by atoms with Gasteiger partial charge in [-0.2, -0.15) is 4.91 Å². The Morgan fingerprint density at radius 1 is 1.40 bits per heavy atom. The molecule has 2 atom stereocenters. The van der Waals surface area contributed by atoms with Gasteiger partial charge < -0.3 is 0 Å². The van der Waals surface area contributed by atoms with Crippen molar-refractivity contribution in [2.75, 3.05) is 0 Å². The van der Waals surface area contributed by atoms with Gasteiger partial charge in [-0.15, -0.1) is 0 Å². The second-order valence-electron chi connectivity index (χ2n) is 3.08. The van der Waals surface area contributed by atoms with E-state index < -0.39 is 0 Å². The summed E-state index contributed by atoms with van der Waals surface area (Å²) in [7, 11) is 0. The Balaban J connectivity index is 3.36. The number of nitroso groups, excluding NO2 is 1. The molecule has 0 aliphatic carbocycles. The molecule has 0 aliphatic heterocycles. The van der Waals surface area contributed by atoms with Crippen LogP contribution in [-0.2, 0) is 0 Å². The van der Waals surface area contributed by atoms with Crippen LogP contribution in [-0.4, -0.2) is 6.04 Å². The molecule has 0 rings (SSSR count). The molecule has 0 aromatic carbocycles. The first-order valence-corrected chi connectivity index (χ1v) is 4.03. The van der Waals surface area contributed by atoms with Crippen LogP contribution in [0.4, 0.5) is 0 Å². The molecule has 0 amide bonds. The lowest BCUT2D eigenvalue weighted by Crippen LogP contribution is -2.04. The molecule has 0 aromatic rings. The van der Waals surface area contributed by atoms with Gasteiger partial charge in [-0.25, -0.2) is 0 Å². The van der Waals surface area contributed by atoms with Gasteiger partial charge in [-0.1, -0.05) is 31.9 Å². The molecule has 2 heteroatoms. The van der Waals surface area contributed by atoms with E-state index in [0.29, 0.717) is 5.92 Å². The molecule has 0 spiro atoms. The van der Waals surface area contributed by atoms with Crippen molar-refractivity contribution in [3.05, 3.63) is 4.91 Å². The topological polar surface area (TPSA) is 29.4 Å². The lowest BCUT2D eigenvalue weighted by Gasteiger charge is -2.09. The average molecular weight is 143 g/mol. The van der Waals surface area contributed by atoms with Crippen molar-refractivity contribution in [1.29, 1.82) is 0 Å². The highest BCUT2D eigenvalue weighted by molar-refractivity contribution is 4.62. The molecule has 2 nitrogen and oxygen atoms in total. The highest BCUT2D eigenvalue weighted by Crippen LogP contribution is 2.13. The first-order valence-electron chi connectivity index (χ1n) is 4.03. The molecule has 0 aliphatic rings. The summed E-state index contributed by atoms with van der Waals surface area (Å²) in [5.74, 6) is 0.651. The van der Waals surface area contributed by atoms with Crippen LogP contribution in [0.15, 0.2) is 5.18 Å². The predicted molar refractivity (Wildman–Crippen MR) is 43.9 cm³/mol. The van der Waals surface area contributed by atoms with Gasteiger partial charge in [0, 0.05) is 0 Å². The second-order valence-corrected chi connectivity index (χ2v) is 3.08. The van der Waals surface area contributed by atoms with Gasteiger partial charge in [-0.3, -0.25) is 0 Å².